The monoisotopic (exact) mass is 301 g/mol. The van der Waals surface area contributed by atoms with Crippen LogP contribution in [0.1, 0.15) is 24.8 Å². The molecule has 20 heavy (non-hydrogen) atoms. The average Bonchev–Trinajstić information content (AvgIpc) is 2.42. The van der Waals surface area contributed by atoms with Gasteiger partial charge in [0.25, 0.3) is 0 Å². The third-order valence-electron chi connectivity index (χ3n) is 3.79. The highest BCUT2D eigenvalue weighted by molar-refractivity contribution is 7.89. The molecule has 4 nitrogen and oxygen atoms in total. The molecule has 1 atom stereocenters. The van der Waals surface area contributed by atoms with Gasteiger partial charge in [0.2, 0.25) is 10.0 Å². The second-order valence-electron chi connectivity index (χ2n) is 5.29. The standard InChI is InChI=1S/C14H20FNO3S/c1-11-4-5-13(15)9-14(11)20(18,19)16-7-2-3-12(10-16)6-8-17/h4-5,9,12,17H,2-3,6-8,10H2,1H3. The first-order valence-corrected chi connectivity index (χ1v) is 8.26. The highest BCUT2D eigenvalue weighted by atomic mass is 32.2. The van der Waals surface area contributed by atoms with Crippen LogP contribution in [0.5, 0.6) is 0 Å². The number of hydrogen-bond donors (Lipinski definition) is 1. The van der Waals surface area contributed by atoms with Gasteiger partial charge in [-0.2, -0.15) is 4.31 Å². The molecule has 0 spiro atoms. The lowest BCUT2D eigenvalue weighted by Gasteiger charge is -2.32. The van der Waals surface area contributed by atoms with Crippen molar-refractivity contribution in [2.75, 3.05) is 19.7 Å². The number of piperidine rings is 1. The number of aryl methyl sites for hydroxylation is 1. The normalized spacial score (nSPS) is 21.1. The summed E-state index contributed by atoms with van der Waals surface area (Å²) in [6.45, 7) is 2.60. The summed E-state index contributed by atoms with van der Waals surface area (Å²) >= 11 is 0. The summed E-state index contributed by atoms with van der Waals surface area (Å²) in [6, 6.07) is 3.83. The second kappa shape index (κ2) is 6.20. The highest BCUT2D eigenvalue weighted by Crippen LogP contribution is 2.27. The number of aliphatic hydroxyl groups is 1. The summed E-state index contributed by atoms with van der Waals surface area (Å²) in [5.74, 6) is -0.365. The predicted octanol–water partition coefficient (Wildman–Crippen LogP) is 1.92. The molecule has 0 amide bonds. The maximum atomic E-state index is 13.3. The molecule has 1 saturated heterocycles. The SMILES string of the molecule is Cc1ccc(F)cc1S(=O)(=O)N1CCCC(CCO)C1. The summed E-state index contributed by atoms with van der Waals surface area (Å²) in [4.78, 5) is 0.0437. The van der Waals surface area contributed by atoms with Crippen molar-refractivity contribution in [2.45, 2.75) is 31.1 Å². The van der Waals surface area contributed by atoms with Crippen LogP contribution in [0.2, 0.25) is 0 Å². The van der Waals surface area contributed by atoms with Gasteiger partial charge < -0.3 is 5.11 Å². The second-order valence-corrected chi connectivity index (χ2v) is 7.20. The molecule has 1 N–H and O–H groups in total. The molecule has 0 bridgehead atoms. The Hall–Kier alpha value is -0.980. The number of nitrogens with zero attached hydrogens (tertiary/aromatic N) is 1. The number of rotatable bonds is 4. The molecular formula is C14H20FNO3S. The van der Waals surface area contributed by atoms with E-state index in [9.17, 15) is 12.8 Å². The number of halogens is 1. The number of sulfonamides is 1. The summed E-state index contributed by atoms with van der Waals surface area (Å²) < 4.78 is 40.0. The molecule has 6 heteroatoms. The van der Waals surface area contributed by atoms with Crippen molar-refractivity contribution in [3.8, 4) is 0 Å². The molecule has 1 heterocycles. The van der Waals surface area contributed by atoms with Crippen LogP contribution >= 0.6 is 0 Å². The number of aliphatic hydroxyl groups excluding tert-OH is 1. The van der Waals surface area contributed by atoms with Gasteiger partial charge in [0.05, 0.1) is 4.90 Å². The van der Waals surface area contributed by atoms with E-state index in [1.165, 1.54) is 16.4 Å². The van der Waals surface area contributed by atoms with Gasteiger partial charge in [-0.1, -0.05) is 6.07 Å². The fourth-order valence-electron chi connectivity index (χ4n) is 2.65. The largest absolute Gasteiger partial charge is 0.396 e. The van der Waals surface area contributed by atoms with E-state index < -0.39 is 15.8 Å². The van der Waals surface area contributed by atoms with Crippen molar-refractivity contribution < 1.29 is 17.9 Å². The molecule has 0 radical (unpaired) electrons. The Morgan fingerprint density at radius 2 is 2.20 bits per heavy atom. The fraction of sp³-hybridized carbons (Fsp3) is 0.571. The molecular weight excluding hydrogens is 281 g/mol. The summed E-state index contributed by atoms with van der Waals surface area (Å²) in [5.41, 5.74) is 0.552. The van der Waals surface area contributed by atoms with E-state index in [1.54, 1.807) is 6.92 Å². The third kappa shape index (κ3) is 3.19. The summed E-state index contributed by atoms with van der Waals surface area (Å²) in [7, 11) is -3.65. The van der Waals surface area contributed by atoms with Gasteiger partial charge in [-0.05, 0) is 49.8 Å². The topological polar surface area (TPSA) is 57.6 Å². The van der Waals surface area contributed by atoms with Crippen LogP contribution < -0.4 is 0 Å². The maximum absolute atomic E-state index is 13.3. The van der Waals surface area contributed by atoms with Gasteiger partial charge in [-0.25, -0.2) is 12.8 Å². The van der Waals surface area contributed by atoms with Crippen LogP contribution in [-0.4, -0.2) is 37.5 Å². The third-order valence-corrected chi connectivity index (χ3v) is 5.79. The first kappa shape index (κ1) is 15.4. The van der Waals surface area contributed by atoms with E-state index in [4.69, 9.17) is 5.11 Å². The maximum Gasteiger partial charge on any atom is 0.243 e. The molecule has 2 rings (SSSR count). The van der Waals surface area contributed by atoms with Gasteiger partial charge in [-0.3, -0.25) is 0 Å². The zero-order chi connectivity index (χ0) is 14.8. The lowest BCUT2D eigenvalue weighted by atomic mass is 9.97. The van der Waals surface area contributed by atoms with Crippen LogP contribution in [-0.2, 0) is 10.0 Å². The first-order valence-electron chi connectivity index (χ1n) is 6.82. The molecule has 0 saturated carbocycles. The molecule has 1 aromatic rings. The fourth-order valence-corrected chi connectivity index (χ4v) is 4.45. The van der Waals surface area contributed by atoms with E-state index in [0.29, 0.717) is 25.1 Å². The molecule has 112 valence electrons. The van der Waals surface area contributed by atoms with E-state index in [-0.39, 0.29) is 17.4 Å². The van der Waals surface area contributed by atoms with Crippen LogP contribution in [0.15, 0.2) is 23.1 Å². The van der Waals surface area contributed by atoms with Crippen molar-refractivity contribution in [1.29, 1.82) is 0 Å². The van der Waals surface area contributed by atoms with E-state index in [1.807, 2.05) is 0 Å². The van der Waals surface area contributed by atoms with Gasteiger partial charge in [0.15, 0.2) is 0 Å². The average molecular weight is 301 g/mol. The number of benzene rings is 1. The first-order chi connectivity index (χ1) is 9.45. The molecule has 0 aliphatic carbocycles. The Balaban J connectivity index is 2.27. The minimum atomic E-state index is -3.65. The molecule has 1 aromatic carbocycles. The molecule has 1 fully saturated rings. The molecule has 1 aliphatic rings. The lowest BCUT2D eigenvalue weighted by Crippen LogP contribution is -2.40. The Morgan fingerprint density at radius 1 is 1.45 bits per heavy atom. The van der Waals surface area contributed by atoms with Crippen LogP contribution in [0.3, 0.4) is 0 Å². The lowest BCUT2D eigenvalue weighted by molar-refractivity contribution is 0.203. The van der Waals surface area contributed by atoms with Crippen LogP contribution in [0.4, 0.5) is 4.39 Å². The zero-order valence-corrected chi connectivity index (χ0v) is 12.4. The Kier molecular flexibility index (Phi) is 4.78. The molecule has 0 aromatic heterocycles. The Bertz CT molecular complexity index is 572. The van der Waals surface area contributed by atoms with Crippen molar-refractivity contribution in [2.24, 2.45) is 5.92 Å². The van der Waals surface area contributed by atoms with E-state index in [0.717, 1.165) is 18.9 Å². The minimum Gasteiger partial charge on any atom is -0.396 e. The summed E-state index contributed by atoms with van der Waals surface area (Å²) in [5, 5.41) is 8.99. The van der Waals surface area contributed by atoms with Gasteiger partial charge in [0, 0.05) is 19.7 Å². The van der Waals surface area contributed by atoms with Gasteiger partial charge >= 0.3 is 0 Å². The number of hydrogen-bond acceptors (Lipinski definition) is 3. The summed E-state index contributed by atoms with van der Waals surface area (Å²) in [6.07, 6.45) is 2.31. The zero-order valence-electron chi connectivity index (χ0n) is 11.5. The quantitative estimate of drug-likeness (QED) is 0.924. The Labute approximate surface area is 119 Å². The smallest absolute Gasteiger partial charge is 0.243 e. The predicted molar refractivity (Wildman–Crippen MR) is 74.3 cm³/mol. The van der Waals surface area contributed by atoms with Crippen molar-refractivity contribution in [3.05, 3.63) is 29.6 Å². The van der Waals surface area contributed by atoms with Crippen LogP contribution in [0.25, 0.3) is 0 Å². The highest BCUT2D eigenvalue weighted by Gasteiger charge is 2.31. The van der Waals surface area contributed by atoms with Crippen molar-refractivity contribution >= 4 is 10.0 Å². The molecule has 1 aliphatic heterocycles. The van der Waals surface area contributed by atoms with Crippen molar-refractivity contribution in [3.63, 3.8) is 0 Å². The Morgan fingerprint density at radius 3 is 2.90 bits per heavy atom. The molecule has 1 unspecified atom stereocenters. The minimum absolute atomic E-state index is 0.0437. The van der Waals surface area contributed by atoms with Crippen molar-refractivity contribution in [1.82, 2.24) is 4.31 Å². The van der Waals surface area contributed by atoms with E-state index >= 15 is 0 Å². The van der Waals surface area contributed by atoms with Gasteiger partial charge in [0.1, 0.15) is 5.82 Å². The van der Waals surface area contributed by atoms with Crippen LogP contribution in [0, 0.1) is 18.7 Å². The van der Waals surface area contributed by atoms with Gasteiger partial charge in [-0.15, -0.1) is 0 Å². The van der Waals surface area contributed by atoms with E-state index in [2.05, 4.69) is 0 Å².